The molecule has 1 heterocycles. The molecular weight excluding hydrogens is 355 g/mol. The molecule has 2 unspecified atom stereocenters. The number of halogens is 1. The molecule has 23 heavy (non-hydrogen) atoms. The fraction of sp³-hybridized carbons (Fsp3) is 0.308. The van der Waals surface area contributed by atoms with E-state index >= 15 is 0 Å². The van der Waals surface area contributed by atoms with Gasteiger partial charge < -0.3 is 14.6 Å². The van der Waals surface area contributed by atoms with Crippen molar-refractivity contribution in [2.24, 2.45) is 0 Å². The third-order valence-corrected chi connectivity index (χ3v) is 4.41. The number of urea groups is 1. The Morgan fingerprint density at radius 1 is 1.39 bits per heavy atom. The zero-order valence-corrected chi connectivity index (χ0v) is 16.2. The summed E-state index contributed by atoms with van der Waals surface area (Å²) in [6.07, 6.45) is 0.403. The van der Waals surface area contributed by atoms with Crippen molar-refractivity contribution in [2.75, 3.05) is 0 Å². The van der Waals surface area contributed by atoms with Crippen molar-refractivity contribution in [1.82, 2.24) is 10.2 Å². The van der Waals surface area contributed by atoms with Crippen LogP contribution in [0.15, 0.2) is 41.6 Å². The first-order valence-electron chi connectivity index (χ1n) is 6.35. The van der Waals surface area contributed by atoms with Gasteiger partial charge in [-0.3, -0.25) is 4.90 Å². The van der Waals surface area contributed by atoms with Crippen LogP contribution in [0.4, 0.5) is 4.79 Å². The summed E-state index contributed by atoms with van der Waals surface area (Å²) in [5.74, 6) is 0. The second-order valence-corrected chi connectivity index (χ2v) is 6.53. The quantitative estimate of drug-likeness (QED) is 0.505. The Morgan fingerprint density at radius 3 is 2.57 bits per heavy atom. The van der Waals surface area contributed by atoms with E-state index in [9.17, 15) is 17.8 Å². The Labute approximate surface area is 161 Å². The van der Waals surface area contributed by atoms with Crippen molar-refractivity contribution in [3.8, 4) is 0 Å². The summed E-state index contributed by atoms with van der Waals surface area (Å²) in [5.41, 5.74) is 0.918. The second kappa shape index (κ2) is 8.48. The molecule has 0 aliphatic carbocycles. The largest absolute Gasteiger partial charge is 1.00 e. The maximum absolute atomic E-state index is 11.9. The molecule has 0 saturated carbocycles. The Morgan fingerprint density at radius 2 is 2.00 bits per heavy atom. The minimum atomic E-state index is -4.76. The topological polar surface area (TPSA) is 98.8 Å². The Bertz CT molecular complexity index is 683. The average molecular weight is 369 g/mol. The van der Waals surface area contributed by atoms with Crippen LogP contribution in [-0.4, -0.2) is 35.5 Å². The number of nitrogens with zero attached hydrogens (tertiary/aromatic N) is 1. The standard InChI is InChI=1S/C13H15ClN2O5S.Na/c1-9(21-8-10-5-3-2-4-6-10)16-7-11(14)12(15-13(16)17)22(18,19)20;/h2-7,9,12H,8H2,1H3,(H,15,17)(H,18,19,20);/q;+1/p-1. The van der Waals surface area contributed by atoms with Gasteiger partial charge in [-0.2, -0.15) is 0 Å². The summed E-state index contributed by atoms with van der Waals surface area (Å²) < 4.78 is 38.5. The van der Waals surface area contributed by atoms with Crippen LogP contribution in [0.2, 0.25) is 0 Å². The van der Waals surface area contributed by atoms with Crippen molar-refractivity contribution in [2.45, 2.75) is 25.1 Å². The first kappa shape index (κ1) is 20.4. The summed E-state index contributed by atoms with van der Waals surface area (Å²) in [6, 6.07) is 8.55. The fourth-order valence-electron chi connectivity index (χ4n) is 1.87. The van der Waals surface area contributed by atoms with E-state index in [1.807, 2.05) is 35.6 Å². The van der Waals surface area contributed by atoms with Crippen LogP contribution in [0.3, 0.4) is 0 Å². The van der Waals surface area contributed by atoms with E-state index in [-0.39, 0.29) is 41.2 Å². The number of ether oxygens (including phenoxy) is 1. The van der Waals surface area contributed by atoms with Crippen LogP contribution in [0.25, 0.3) is 0 Å². The Hall–Kier alpha value is -0.610. The number of carbonyl (C=O) groups excluding carboxylic acids is 1. The fourth-order valence-corrected chi connectivity index (χ4v) is 2.94. The van der Waals surface area contributed by atoms with Crippen LogP contribution < -0.4 is 34.9 Å². The molecule has 0 radical (unpaired) electrons. The van der Waals surface area contributed by atoms with E-state index in [1.54, 1.807) is 6.92 Å². The molecule has 1 aromatic carbocycles. The molecule has 1 aliphatic rings. The van der Waals surface area contributed by atoms with Gasteiger partial charge in [0.2, 0.25) is 0 Å². The monoisotopic (exact) mass is 368 g/mol. The molecule has 120 valence electrons. The van der Waals surface area contributed by atoms with Gasteiger partial charge in [-0.25, -0.2) is 13.2 Å². The van der Waals surface area contributed by atoms with E-state index in [0.717, 1.165) is 16.7 Å². The number of rotatable bonds is 5. The van der Waals surface area contributed by atoms with Crippen LogP contribution in [0, 0.1) is 0 Å². The van der Waals surface area contributed by atoms with E-state index in [0.29, 0.717) is 0 Å². The van der Waals surface area contributed by atoms with Crippen molar-refractivity contribution in [3.05, 3.63) is 47.1 Å². The van der Waals surface area contributed by atoms with Gasteiger partial charge in [-0.05, 0) is 12.5 Å². The number of hydrogen-bond acceptors (Lipinski definition) is 5. The number of carbonyl (C=O) groups is 1. The number of amides is 2. The van der Waals surface area contributed by atoms with Gasteiger partial charge in [-0.1, -0.05) is 41.9 Å². The molecule has 0 aromatic heterocycles. The summed E-state index contributed by atoms with van der Waals surface area (Å²) in [6.45, 7) is 1.87. The van der Waals surface area contributed by atoms with Gasteiger partial charge in [0, 0.05) is 6.20 Å². The molecule has 0 spiro atoms. The maximum atomic E-state index is 11.9. The van der Waals surface area contributed by atoms with Crippen molar-refractivity contribution < 1.29 is 52.1 Å². The molecule has 0 saturated heterocycles. The summed E-state index contributed by atoms with van der Waals surface area (Å²) in [4.78, 5) is 13.0. The molecule has 10 heteroatoms. The Kier molecular flexibility index (Phi) is 7.53. The van der Waals surface area contributed by atoms with Gasteiger partial charge in [0.25, 0.3) is 0 Å². The van der Waals surface area contributed by atoms with Crippen LogP contribution in [0.1, 0.15) is 12.5 Å². The molecule has 1 aromatic rings. The van der Waals surface area contributed by atoms with E-state index < -0.39 is 27.8 Å². The minimum Gasteiger partial charge on any atom is -0.746 e. The third kappa shape index (κ3) is 5.46. The van der Waals surface area contributed by atoms with E-state index in [1.165, 1.54) is 0 Å². The maximum Gasteiger partial charge on any atom is 1.00 e. The van der Waals surface area contributed by atoms with Crippen LogP contribution >= 0.6 is 11.6 Å². The van der Waals surface area contributed by atoms with Gasteiger partial charge in [0.1, 0.15) is 16.3 Å². The molecule has 0 fully saturated rings. The molecular formula is C13H14ClN2NaO5S. The van der Waals surface area contributed by atoms with E-state index in [2.05, 4.69) is 0 Å². The second-order valence-electron chi connectivity index (χ2n) is 4.64. The van der Waals surface area contributed by atoms with E-state index in [4.69, 9.17) is 16.3 Å². The molecule has 2 amide bonds. The molecule has 1 aliphatic heterocycles. The summed E-state index contributed by atoms with van der Waals surface area (Å²) in [7, 11) is -4.76. The SMILES string of the molecule is CC(OCc1ccccc1)N1C=C(Cl)C(S(=O)(=O)[O-])NC1=O.[Na+]. The van der Waals surface area contributed by atoms with Crippen LogP contribution in [-0.2, 0) is 21.5 Å². The Balaban J connectivity index is 0.00000264. The molecule has 0 bridgehead atoms. The summed E-state index contributed by atoms with van der Waals surface area (Å²) in [5, 5.41) is -0.0103. The third-order valence-electron chi connectivity index (χ3n) is 3.02. The normalized spacial score (nSPS) is 19.4. The van der Waals surface area contributed by atoms with Gasteiger partial charge in [0.15, 0.2) is 5.37 Å². The van der Waals surface area contributed by atoms with Crippen molar-refractivity contribution in [3.63, 3.8) is 0 Å². The van der Waals surface area contributed by atoms with Gasteiger partial charge >= 0.3 is 35.6 Å². The first-order valence-corrected chi connectivity index (χ1v) is 8.20. The molecule has 2 rings (SSSR count). The van der Waals surface area contributed by atoms with Crippen molar-refractivity contribution >= 4 is 27.8 Å². The molecule has 2 atom stereocenters. The predicted molar refractivity (Wildman–Crippen MR) is 78.5 cm³/mol. The van der Waals surface area contributed by atoms with Crippen molar-refractivity contribution in [1.29, 1.82) is 0 Å². The first-order chi connectivity index (χ1) is 10.3. The predicted octanol–water partition coefficient (Wildman–Crippen LogP) is -1.47. The van der Waals surface area contributed by atoms with Crippen LogP contribution in [0.5, 0.6) is 0 Å². The average Bonchev–Trinajstić information content (AvgIpc) is 2.46. The molecule has 7 nitrogen and oxygen atoms in total. The zero-order chi connectivity index (χ0) is 16.3. The number of hydrogen-bond donors (Lipinski definition) is 1. The van der Waals surface area contributed by atoms with Gasteiger partial charge in [0.05, 0.1) is 11.6 Å². The zero-order valence-electron chi connectivity index (χ0n) is 12.6. The molecule has 1 N–H and O–H groups in total. The summed E-state index contributed by atoms with van der Waals surface area (Å²) >= 11 is 5.76. The smallest absolute Gasteiger partial charge is 0.746 e. The van der Waals surface area contributed by atoms with Gasteiger partial charge in [-0.15, -0.1) is 0 Å². The number of nitrogens with one attached hydrogen (secondary N) is 1. The number of benzene rings is 1. The minimum absolute atomic E-state index is 0.